The lowest BCUT2D eigenvalue weighted by Crippen LogP contribution is -2.22. The van der Waals surface area contributed by atoms with Crippen LogP contribution in [0.25, 0.3) is 0 Å². The second-order valence-corrected chi connectivity index (χ2v) is 4.90. The van der Waals surface area contributed by atoms with Crippen molar-refractivity contribution < 1.29 is 4.39 Å². The van der Waals surface area contributed by atoms with Crippen molar-refractivity contribution in [3.63, 3.8) is 0 Å². The lowest BCUT2D eigenvalue weighted by atomic mass is 10.1. The van der Waals surface area contributed by atoms with Crippen molar-refractivity contribution in [2.75, 3.05) is 6.54 Å². The van der Waals surface area contributed by atoms with E-state index in [4.69, 9.17) is 5.73 Å². The predicted molar refractivity (Wildman–Crippen MR) is 59.9 cm³/mol. The Morgan fingerprint density at radius 2 is 1.86 bits per heavy atom. The summed E-state index contributed by atoms with van der Waals surface area (Å²) in [6.45, 7) is 4.95. The molecule has 0 saturated heterocycles. The van der Waals surface area contributed by atoms with Crippen LogP contribution in [0.5, 0.6) is 0 Å². The van der Waals surface area contributed by atoms with Gasteiger partial charge in [-0.25, -0.2) is 4.39 Å². The molecule has 0 spiro atoms. The van der Waals surface area contributed by atoms with E-state index in [1.807, 2.05) is 0 Å². The largest absolute Gasteiger partial charge is 0.329 e. The molecule has 0 aliphatic carbocycles. The average molecular weight is 213 g/mol. The van der Waals surface area contributed by atoms with Gasteiger partial charge in [-0.15, -0.1) is 11.8 Å². The van der Waals surface area contributed by atoms with Crippen LogP contribution in [0.4, 0.5) is 4.39 Å². The maximum atomic E-state index is 12.6. The Balaban J connectivity index is 2.63. The van der Waals surface area contributed by atoms with Crippen molar-refractivity contribution in [3.8, 4) is 0 Å². The standard InChI is InChI=1S/C11H16FNS/c1-8(2)11(7-13)14-10-5-3-9(12)4-6-10/h3-6,8,11H,7,13H2,1-2H3. The van der Waals surface area contributed by atoms with Gasteiger partial charge in [0.1, 0.15) is 5.82 Å². The Morgan fingerprint density at radius 3 is 2.29 bits per heavy atom. The van der Waals surface area contributed by atoms with E-state index < -0.39 is 0 Å². The molecule has 1 rings (SSSR count). The van der Waals surface area contributed by atoms with E-state index in [9.17, 15) is 4.39 Å². The van der Waals surface area contributed by atoms with Gasteiger partial charge in [0.15, 0.2) is 0 Å². The Labute approximate surface area is 88.9 Å². The molecule has 1 nitrogen and oxygen atoms in total. The molecule has 0 bridgehead atoms. The quantitative estimate of drug-likeness (QED) is 0.778. The Bertz CT molecular complexity index is 271. The third-order valence-electron chi connectivity index (χ3n) is 2.08. The Kier molecular flexibility index (Phi) is 4.42. The number of rotatable bonds is 4. The van der Waals surface area contributed by atoms with Crippen molar-refractivity contribution >= 4 is 11.8 Å². The number of benzene rings is 1. The summed E-state index contributed by atoms with van der Waals surface area (Å²) in [5.74, 6) is 0.346. The summed E-state index contributed by atoms with van der Waals surface area (Å²) in [5, 5.41) is 0.403. The van der Waals surface area contributed by atoms with Crippen LogP contribution in [-0.4, -0.2) is 11.8 Å². The lowest BCUT2D eigenvalue weighted by Gasteiger charge is -2.17. The fraction of sp³-hybridized carbons (Fsp3) is 0.455. The van der Waals surface area contributed by atoms with Gasteiger partial charge in [-0.2, -0.15) is 0 Å². The first kappa shape index (κ1) is 11.5. The molecule has 1 aromatic rings. The molecule has 1 unspecified atom stereocenters. The van der Waals surface area contributed by atoms with Gasteiger partial charge < -0.3 is 5.73 Å². The van der Waals surface area contributed by atoms with Crippen LogP contribution in [0.2, 0.25) is 0 Å². The minimum atomic E-state index is -0.191. The molecule has 14 heavy (non-hydrogen) atoms. The zero-order chi connectivity index (χ0) is 10.6. The van der Waals surface area contributed by atoms with E-state index in [2.05, 4.69) is 13.8 Å². The number of hydrogen-bond donors (Lipinski definition) is 1. The van der Waals surface area contributed by atoms with Crippen molar-refractivity contribution in [2.24, 2.45) is 11.7 Å². The van der Waals surface area contributed by atoms with Crippen molar-refractivity contribution in [1.29, 1.82) is 0 Å². The molecule has 2 N–H and O–H groups in total. The van der Waals surface area contributed by atoms with Gasteiger partial charge in [0.25, 0.3) is 0 Å². The van der Waals surface area contributed by atoms with Crippen LogP contribution in [0.1, 0.15) is 13.8 Å². The normalized spacial score (nSPS) is 13.2. The highest BCUT2D eigenvalue weighted by atomic mass is 32.2. The Hall–Kier alpha value is -0.540. The smallest absolute Gasteiger partial charge is 0.123 e. The van der Waals surface area contributed by atoms with Gasteiger partial charge in [0, 0.05) is 16.7 Å². The van der Waals surface area contributed by atoms with Crippen LogP contribution in [0.3, 0.4) is 0 Å². The van der Waals surface area contributed by atoms with E-state index in [-0.39, 0.29) is 5.82 Å². The second kappa shape index (κ2) is 5.37. The van der Waals surface area contributed by atoms with Crippen LogP contribution in [0.15, 0.2) is 29.2 Å². The van der Waals surface area contributed by atoms with E-state index in [0.717, 1.165) is 4.90 Å². The summed E-state index contributed by atoms with van der Waals surface area (Å²) in [6.07, 6.45) is 0. The van der Waals surface area contributed by atoms with Gasteiger partial charge in [0.05, 0.1) is 0 Å². The summed E-state index contributed by atoms with van der Waals surface area (Å²) in [7, 11) is 0. The van der Waals surface area contributed by atoms with Crippen LogP contribution in [0, 0.1) is 11.7 Å². The molecule has 1 atom stereocenters. The van der Waals surface area contributed by atoms with Gasteiger partial charge in [-0.3, -0.25) is 0 Å². The first-order chi connectivity index (χ1) is 6.63. The molecule has 0 aliphatic heterocycles. The van der Waals surface area contributed by atoms with E-state index >= 15 is 0 Å². The maximum absolute atomic E-state index is 12.6. The zero-order valence-corrected chi connectivity index (χ0v) is 9.35. The third-order valence-corrected chi connectivity index (χ3v) is 3.66. The summed E-state index contributed by atoms with van der Waals surface area (Å²) >= 11 is 1.71. The molecule has 0 amide bonds. The fourth-order valence-corrected chi connectivity index (χ4v) is 2.16. The molecular weight excluding hydrogens is 197 g/mol. The number of thioether (sulfide) groups is 1. The monoisotopic (exact) mass is 213 g/mol. The highest BCUT2D eigenvalue weighted by Crippen LogP contribution is 2.27. The van der Waals surface area contributed by atoms with Gasteiger partial charge in [0.2, 0.25) is 0 Å². The second-order valence-electron chi connectivity index (χ2n) is 3.59. The molecule has 0 aromatic heterocycles. The highest BCUT2D eigenvalue weighted by Gasteiger charge is 2.12. The van der Waals surface area contributed by atoms with Gasteiger partial charge >= 0.3 is 0 Å². The summed E-state index contributed by atoms with van der Waals surface area (Å²) in [5.41, 5.74) is 5.66. The minimum absolute atomic E-state index is 0.191. The lowest BCUT2D eigenvalue weighted by molar-refractivity contribution is 0.612. The molecule has 0 saturated carbocycles. The number of nitrogens with two attached hydrogens (primary N) is 1. The maximum Gasteiger partial charge on any atom is 0.123 e. The molecule has 0 heterocycles. The highest BCUT2D eigenvalue weighted by molar-refractivity contribution is 8.00. The predicted octanol–water partition coefficient (Wildman–Crippen LogP) is 2.90. The molecule has 78 valence electrons. The number of hydrogen-bond acceptors (Lipinski definition) is 2. The van der Waals surface area contributed by atoms with Crippen molar-refractivity contribution in [2.45, 2.75) is 24.0 Å². The summed E-state index contributed by atoms with van der Waals surface area (Å²) < 4.78 is 12.6. The van der Waals surface area contributed by atoms with Crippen LogP contribution >= 0.6 is 11.8 Å². The van der Waals surface area contributed by atoms with Crippen LogP contribution < -0.4 is 5.73 Å². The minimum Gasteiger partial charge on any atom is -0.329 e. The summed E-state index contributed by atoms with van der Waals surface area (Å²) in [6, 6.07) is 6.56. The SMILES string of the molecule is CC(C)C(CN)Sc1ccc(F)cc1. The molecule has 3 heteroatoms. The zero-order valence-electron chi connectivity index (χ0n) is 8.53. The van der Waals surface area contributed by atoms with E-state index in [0.29, 0.717) is 17.7 Å². The third kappa shape index (κ3) is 3.31. The van der Waals surface area contributed by atoms with Crippen LogP contribution in [-0.2, 0) is 0 Å². The first-order valence-corrected chi connectivity index (χ1v) is 5.63. The molecule has 0 aliphatic rings. The fourth-order valence-electron chi connectivity index (χ4n) is 1.14. The molecular formula is C11H16FNS. The van der Waals surface area contributed by atoms with Crippen molar-refractivity contribution in [3.05, 3.63) is 30.1 Å². The topological polar surface area (TPSA) is 26.0 Å². The van der Waals surface area contributed by atoms with Crippen molar-refractivity contribution in [1.82, 2.24) is 0 Å². The van der Waals surface area contributed by atoms with Gasteiger partial charge in [-0.05, 0) is 30.2 Å². The van der Waals surface area contributed by atoms with E-state index in [1.165, 1.54) is 12.1 Å². The summed E-state index contributed by atoms with van der Waals surface area (Å²) in [4.78, 5) is 1.08. The first-order valence-electron chi connectivity index (χ1n) is 4.75. The molecule has 0 fully saturated rings. The average Bonchev–Trinajstić information content (AvgIpc) is 2.16. The molecule has 0 radical (unpaired) electrons. The molecule has 1 aromatic carbocycles. The van der Waals surface area contributed by atoms with E-state index in [1.54, 1.807) is 23.9 Å². The van der Waals surface area contributed by atoms with Gasteiger partial charge in [-0.1, -0.05) is 13.8 Å². The Morgan fingerprint density at radius 1 is 1.29 bits per heavy atom. The number of halogens is 1.